The molecule has 0 radical (unpaired) electrons. The first-order valence-electron chi connectivity index (χ1n) is 7.53. The van der Waals surface area contributed by atoms with Gasteiger partial charge in [0.05, 0.1) is 10.3 Å². The molecule has 0 amide bonds. The van der Waals surface area contributed by atoms with Crippen LogP contribution in [0.2, 0.25) is 0 Å². The molecule has 0 aliphatic heterocycles. The number of fused-ring (bicyclic) bond motifs is 3. The lowest BCUT2D eigenvalue weighted by Gasteiger charge is -2.06. The van der Waals surface area contributed by atoms with Crippen molar-refractivity contribution in [2.45, 2.75) is 25.9 Å². The van der Waals surface area contributed by atoms with E-state index in [4.69, 9.17) is 4.74 Å². The van der Waals surface area contributed by atoms with Gasteiger partial charge >= 0.3 is 5.69 Å². The number of thiophene rings is 1. The Bertz CT molecular complexity index is 1010. The number of ether oxygens (including phenoxy) is 1. The van der Waals surface area contributed by atoms with Gasteiger partial charge < -0.3 is 9.72 Å². The van der Waals surface area contributed by atoms with Gasteiger partial charge in [0.25, 0.3) is 5.56 Å². The quantitative estimate of drug-likeness (QED) is 0.580. The van der Waals surface area contributed by atoms with Gasteiger partial charge in [-0.25, -0.2) is 4.98 Å². The molecule has 0 unspecified atom stereocenters. The standard InChI is InChI=1S/C16H13N3O4S/c20-15-14-9-4-3-7-12(9)24-16(14)18-13(17-15)8-23-11-6-2-1-5-10(11)19(21)22/h1-2,5-6H,3-4,7-8H2,(H,17,18,20). The summed E-state index contributed by atoms with van der Waals surface area (Å²) in [6, 6.07) is 6.13. The molecule has 1 aromatic carbocycles. The average Bonchev–Trinajstić information content (AvgIpc) is 3.13. The molecular formula is C16H13N3O4S. The van der Waals surface area contributed by atoms with Gasteiger partial charge in [0, 0.05) is 10.9 Å². The van der Waals surface area contributed by atoms with E-state index in [9.17, 15) is 14.9 Å². The molecule has 1 aliphatic rings. The highest BCUT2D eigenvalue weighted by Gasteiger charge is 2.21. The molecule has 1 aliphatic carbocycles. The number of rotatable bonds is 4. The lowest BCUT2D eigenvalue weighted by molar-refractivity contribution is -0.385. The molecule has 0 saturated heterocycles. The number of aromatic nitrogens is 2. The molecule has 4 rings (SSSR count). The van der Waals surface area contributed by atoms with Crippen molar-refractivity contribution >= 4 is 27.2 Å². The minimum atomic E-state index is -0.501. The van der Waals surface area contributed by atoms with Crippen molar-refractivity contribution in [3.8, 4) is 5.75 Å². The van der Waals surface area contributed by atoms with Gasteiger partial charge in [-0.15, -0.1) is 11.3 Å². The van der Waals surface area contributed by atoms with E-state index in [1.54, 1.807) is 23.5 Å². The zero-order chi connectivity index (χ0) is 16.7. The molecule has 0 saturated carbocycles. The fourth-order valence-corrected chi connectivity index (χ4v) is 4.27. The first kappa shape index (κ1) is 14.8. The van der Waals surface area contributed by atoms with Crippen molar-refractivity contribution in [1.82, 2.24) is 9.97 Å². The molecule has 0 atom stereocenters. The topological polar surface area (TPSA) is 98.1 Å². The Morgan fingerprint density at radius 2 is 2.17 bits per heavy atom. The lowest BCUT2D eigenvalue weighted by atomic mass is 10.2. The number of aromatic amines is 1. The smallest absolute Gasteiger partial charge is 0.310 e. The molecule has 0 bridgehead atoms. The first-order chi connectivity index (χ1) is 11.6. The predicted molar refractivity (Wildman–Crippen MR) is 89.7 cm³/mol. The summed E-state index contributed by atoms with van der Waals surface area (Å²) >= 11 is 1.55. The Labute approximate surface area is 140 Å². The summed E-state index contributed by atoms with van der Waals surface area (Å²) < 4.78 is 5.50. The molecular weight excluding hydrogens is 330 g/mol. The molecule has 0 spiro atoms. The predicted octanol–water partition coefficient (Wildman–Crippen LogP) is 2.96. The average molecular weight is 343 g/mol. The molecule has 122 valence electrons. The fourth-order valence-electron chi connectivity index (χ4n) is 2.99. The van der Waals surface area contributed by atoms with Crippen molar-refractivity contribution < 1.29 is 9.66 Å². The van der Waals surface area contributed by atoms with Crippen LogP contribution in [0.15, 0.2) is 29.1 Å². The SMILES string of the molecule is O=c1[nH]c(COc2ccccc2[N+](=O)[O-])nc2sc3c(c12)CCC3. The summed E-state index contributed by atoms with van der Waals surface area (Å²) in [5.41, 5.74) is 0.839. The van der Waals surface area contributed by atoms with E-state index in [1.165, 1.54) is 17.0 Å². The van der Waals surface area contributed by atoms with Crippen molar-refractivity contribution in [1.29, 1.82) is 0 Å². The van der Waals surface area contributed by atoms with Crippen molar-refractivity contribution in [2.24, 2.45) is 0 Å². The Morgan fingerprint density at radius 3 is 3.00 bits per heavy atom. The van der Waals surface area contributed by atoms with Crippen LogP contribution in [0.25, 0.3) is 10.2 Å². The van der Waals surface area contributed by atoms with Crippen LogP contribution in [0.5, 0.6) is 5.75 Å². The number of para-hydroxylation sites is 2. The minimum Gasteiger partial charge on any atom is -0.479 e. The van der Waals surface area contributed by atoms with Gasteiger partial charge in [-0.05, 0) is 30.9 Å². The fraction of sp³-hybridized carbons (Fsp3) is 0.250. The maximum absolute atomic E-state index is 12.4. The maximum Gasteiger partial charge on any atom is 0.310 e. The summed E-state index contributed by atoms with van der Waals surface area (Å²) in [4.78, 5) is 32.0. The van der Waals surface area contributed by atoms with Crippen molar-refractivity contribution in [3.63, 3.8) is 0 Å². The minimum absolute atomic E-state index is 0.0292. The number of nitro benzene ring substituents is 1. The number of hydrogen-bond acceptors (Lipinski definition) is 6. The van der Waals surface area contributed by atoms with E-state index in [-0.39, 0.29) is 23.6 Å². The molecule has 7 nitrogen and oxygen atoms in total. The number of nitrogens with one attached hydrogen (secondary N) is 1. The van der Waals surface area contributed by atoms with Crippen LogP contribution in [0.3, 0.4) is 0 Å². The number of nitro groups is 1. The molecule has 3 aromatic rings. The third-order valence-corrected chi connectivity index (χ3v) is 5.24. The van der Waals surface area contributed by atoms with Crippen LogP contribution in [0.1, 0.15) is 22.7 Å². The maximum atomic E-state index is 12.4. The van der Waals surface area contributed by atoms with E-state index in [0.29, 0.717) is 16.0 Å². The Balaban J connectivity index is 1.64. The zero-order valence-corrected chi connectivity index (χ0v) is 13.4. The normalized spacial score (nSPS) is 13.2. The number of aryl methyl sites for hydroxylation is 2. The second-order valence-electron chi connectivity index (χ2n) is 5.56. The highest BCUT2D eigenvalue weighted by molar-refractivity contribution is 7.18. The molecule has 0 fully saturated rings. The number of benzene rings is 1. The summed E-state index contributed by atoms with van der Waals surface area (Å²) in [5, 5.41) is 11.7. The molecule has 8 heteroatoms. The van der Waals surface area contributed by atoms with Gasteiger partial charge in [0.1, 0.15) is 17.3 Å². The largest absolute Gasteiger partial charge is 0.479 e. The van der Waals surface area contributed by atoms with E-state index in [1.807, 2.05) is 0 Å². The molecule has 2 aromatic heterocycles. The van der Waals surface area contributed by atoms with E-state index >= 15 is 0 Å². The van der Waals surface area contributed by atoms with Crippen molar-refractivity contribution in [3.05, 3.63) is 61.0 Å². The van der Waals surface area contributed by atoms with Crippen LogP contribution in [-0.2, 0) is 19.4 Å². The number of hydrogen-bond donors (Lipinski definition) is 1. The summed E-state index contributed by atoms with van der Waals surface area (Å²) in [5.74, 6) is 0.518. The van der Waals surface area contributed by atoms with E-state index < -0.39 is 4.92 Å². The summed E-state index contributed by atoms with van der Waals surface area (Å²) in [6.07, 6.45) is 3.00. The van der Waals surface area contributed by atoms with Gasteiger partial charge in [-0.1, -0.05) is 12.1 Å². The van der Waals surface area contributed by atoms with E-state index in [0.717, 1.165) is 24.8 Å². The lowest BCUT2D eigenvalue weighted by Crippen LogP contribution is -2.13. The molecule has 1 N–H and O–H groups in total. The Hall–Kier alpha value is -2.74. The van der Waals surface area contributed by atoms with Crippen LogP contribution in [0.4, 0.5) is 5.69 Å². The van der Waals surface area contributed by atoms with Crippen LogP contribution in [0, 0.1) is 10.1 Å². The third-order valence-electron chi connectivity index (χ3n) is 4.05. The van der Waals surface area contributed by atoms with E-state index in [2.05, 4.69) is 9.97 Å². The zero-order valence-electron chi connectivity index (χ0n) is 12.6. The second kappa shape index (κ2) is 5.72. The Kier molecular flexibility index (Phi) is 3.53. The highest BCUT2D eigenvalue weighted by atomic mass is 32.1. The van der Waals surface area contributed by atoms with Crippen molar-refractivity contribution in [2.75, 3.05) is 0 Å². The van der Waals surface area contributed by atoms with Gasteiger partial charge in [0.15, 0.2) is 5.75 Å². The molecule has 24 heavy (non-hydrogen) atoms. The summed E-state index contributed by atoms with van der Waals surface area (Å²) in [6.45, 7) is -0.0292. The molecule has 2 heterocycles. The van der Waals surface area contributed by atoms with Gasteiger partial charge in [0.2, 0.25) is 0 Å². The monoisotopic (exact) mass is 343 g/mol. The first-order valence-corrected chi connectivity index (χ1v) is 8.35. The second-order valence-corrected chi connectivity index (χ2v) is 6.65. The van der Waals surface area contributed by atoms with Crippen LogP contribution < -0.4 is 10.3 Å². The Morgan fingerprint density at radius 1 is 1.33 bits per heavy atom. The highest BCUT2D eigenvalue weighted by Crippen LogP contribution is 2.34. The van der Waals surface area contributed by atoms with Crippen LogP contribution >= 0.6 is 11.3 Å². The number of H-pyrrole nitrogens is 1. The van der Waals surface area contributed by atoms with Gasteiger partial charge in [-0.2, -0.15) is 0 Å². The third kappa shape index (κ3) is 2.44. The summed E-state index contributed by atoms with van der Waals surface area (Å²) in [7, 11) is 0. The van der Waals surface area contributed by atoms with Crippen LogP contribution in [-0.4, -0.2) is 14.9 Å². The number of nitrogens with zero attached hydrogens (tertiary/aromatic N) is 2. The van der Waals surface area contributed by atoms with Gasteiger partial charge in [-0.3, -0.25) is 14.9 Å².